The predicted molar refractivity (Wildman–Crippen MR) is 78.7 cm³/mol. The Labute approximate surface area is 121 Å². The number of nitrogens with zero attached hydrogens (tertiary/aromatic N) is 1. The smallest absolute Gasteiger partial charge is 0.123 e. The molecule has 2 rings (SSSR count). The van der Waals surface area contributed by atoms with E-state index in [2.05, 4.69) is 18.3 Å². The molecule has 1 saturated carbocycles. The molecular formula is C17H23FN2. The van der Waals surface area contributed by atoms with Crippen LogP contribution in [-0.4, -0.2) is 12.1 Å². The van der Waals surface area contributed by atoms with Crippen molar-refractivity contribution >= 4 is 0 Å². The first-order valence-corrected chi connectivity index (χ1v) is 7.59. The van der Waals surface area contributed by atoms with Crippen molar-refractivity contribution in [1.29, 1.82) is 5.26 Å². The molecule has 0 aliphatic heterocycles. The van der Waals surface area contributed by atoms with Crippen molar-refractivity contribution in [2.24, 2.45) is 5.92 Å². The predicted octanol–water partition coefficient (Wildman–Crippen LogP) is 3.82. The van der Waals surface area contributed by atoms with Crippen LogP contribution in [0.25, 0.3) is 0 Å². The molecule has 0 radical (unpaired) electrons. The van der Waals surface area contributed by atoms with Gasteiger partial charge in [-0.15, -0.1) is 0 Å². The second-order valence-corrected chi connectivity index (χ2v) is 5.88. The molecule has 2 nitrogen and oxygen atoms in total. The van der Waals surface area contributed by atoms with Gasteiger partial charge >= 0.3 is 0 Å². The summed E-state index contributed by atoms with van der Waals surface area (Å²) < 4.78 is 12.9. The summed E-state index contributed by atoms with van der Waals surface area (Å²) in [6.07, 6.45) is 6.59. The molecule has 1 fully saturated rings. The van der Waals surface area contributed by atoms with Crippen molar-refractivity contribution in [3.63, 3.8) is 0 Å². The molecule has 0 amide bonds. The zero-order valence-electron chi connectivity index (χ0n) is 12.1. The van der Waals surface area contributed by atoms with Crippen LogP contribution >= 0.6 is 0 Å². The second kappa shape index (κ2) is 7.40. The zero-order valence-corrected chi connectivity index (χ0v) is 12.1. The summed E-state index contributed by atoms with van der Waals surface area (Å²) in [6, 6.07) is 9.75. The molecule has 1 aliphatic rings. The minimum absolute atomic E-state index is 0.133. The van der Waals surface area contributed by atoms with Gasteiger partial charge in [0, 0.05) is 12.1 Å². The van der Waals surface area contributed by atoms with Gasteiger partial charge in [-0.25, -0.2) is 4.39 Å². The first-order valence-electron chi connectivity index (χ1n) is 7.59. The zero-order chi connectivity index (χ0) is 14.4. The number of nitrogens with one attached hydrogen (secondary N) is 1. The normalized spacial score (nSPS) is 24.6. The summed E-state index contributed by atoms with van der Waals surface area (Å²) >= 11 is 0. The summed E-state index contributed by atoms with van der Waals surface area (Å²) in [6.45, 7) is 2.14. The van der Waals surface area contributed by atoms with Crippen LogP contribution in [0.1, 0.15) is 44.6 Å². The van der Waals surface area contributed by atoms with E-state index in [9.17, 15) is 9.65 Å². The fourth-order valence-electron chi connectivity index (χ4n) is 3.06. The van der Waals surface area contributed by atoms with E-state index in [1.54, 1.807) is 0 Å². The third-order valence-electron chi connectivity index (χ3n) is 4.14. The summed E-state index contributed by atoms with van der Waals surface area (Å²) in [5, 5.41) is 12.9. The number of nitriles is 1. The third kappa shape index (κ3) is 4.31. The van der Waals surface area contributed by atoms with E-state index >= 15 is 0 Å². The topological polar surface area (TPSA) is 35.8 Å². The van der Waals surface area contributed by atoms with Crippen molar-refractivity contribution in [3.8, 4) is 6.07 Å². The van der Waals surface area contributed by atoms with E-state index in [0.29, 0.717) is 12.1 Å². The Bertz CT molecular complexity index is 449. The number of hydrogen-bond acceptors (Lipinski definition) is 2. The molecule has 1 aliphatic carbocycles. The second-order valence-electron chi connectivity index (χ2n) is 5.88. The van der Waals surface area contributed by atoms with Crippen molar-refractivity contribution in [3.05, 3.63) is 35.6 Å². The Morgan fingerprint density at radius 3 is 2.65 bits per heavy atom. The third-order valence-corrected chi connectivity index (χ3v) is 4.14. The lowest BCUT2D eigenvalue weighted by Crippen LogP contribution is -2.41. The van der Waals surface area contributed by atoms with Crippen LogP contribution in [0.2, 0.25) is 0 Å². The Balaban J connectivity index is 1.90. The maximum Gasteiger partial charge on any atom is 0.123 e. The minimum atomic E-state index is -0.192. The maximum absolute atomic E-state index is 12.9. The molecule has 3 atom stereocenters. The highest BCUT2D eigenvalue weighted by molar-refractivity contribution is 5.17. The highest BCUT2D eigenvalue weighted by Gasteiger charge is 2.24. The Morgan fingerprint density at radius 1 is 1.25 bits per heavy atom. The number of halogens is 1. The van der Waals surface area contributed by atoms with Crippen molar-refractivity contribution in [2.45, 2.75) is 57.5 Å². The number of hydrogen-bond donors (Lipinski definition) is 1. The summed E-state index contributed by atoms with van der Waals surface area (Å²) in [4.78, 5) is 0. The lowest BCUT2D eigenvalue weighted by molar-refractivity contribution is 0.356. The summed E-state index contributed by atoms with van der Waals surface area (Å²) in [5.74, 6) is -0.0594. The van der Waals surface area contributed by atoms with Gasteiger partial charge in [0.05, 0.1) is 12.0 Å². The quantitative estimate of drug-likeness (QED) is 0.847. The first-order chi connectivity index (χ1) is 9.69. The van der Waals surface area contributed by atoms with E-state index < -0.39 is 0 Å². The summed E-state index contributed by atoms with van der Waals surface area (Å²) in [5.41, 5.74) is 1.13. The van der Waals surface area contributed by atoms with Crippen molar-refractivity contribution in [1.82, 2.24) is 5.32 Å². The number of benzene rings is 1. The van der Waals surface area contributed by atoms with E-state index in [0.717, 1.165) is 24.8 Å². The Morgan fingerprint density at radius 2 is 1.95 bits per heavy atom. The largest absolute Gasteiger partial charge is 0.310 e. The molecule has 3 heteroatoms. The van der Waals surface area contributed by atoms with Crippen LogP contribution in [-0.2, 0) is 6.42 Å². The van der Waals surface area contributed by atoms with Gasteiger partial charge in [-0.3, -0.25) is 0 Å². The fraction of sp³-hybridized carbons (Fsp3) is 0.588. The maximum atomic E-state index is 12.9. The van der Waals surface area contributed by atoms with Gasteiger partial charge in [-0.2, -0.15) is 5.26 Å². The van der Waals surface area contributed by atoms with Gasteiger partial charge in [0.2, 0.25) is 0 Å². The molecule has 0 aromatic heterocycles. The van der Waals surface area contributed by atoms with Gasteiger partial charge in [0.25, 0.3) is 0 Å². The molecule has 20 heavy (non-hydrogen) atoms. The van der Waals surface area contributed by atoms with Crippen LogP contribution in [0.4, 0.5) is 4.39 Å². The van der Waals surface area contributed by atoms with Crippen LogP contribution in [0.5, 0.6) is 0 Å². The van der Waals surface area contributed by atoms with Crippen LogP contribution in [0.15, 0.2) is 24.3 Å². The Hall–Kier alpha value is -1.40. The van der Waals surface area contributed by atoms with Crippen LogP contribution in [0.3, 0.4) is 0 Å². The Kier molecular flexibility index (Phi) is 5.55. The van der Waals surface area contributed by atoms with Crippen LogP contribution < -0.4 is 5.32 Å². The molecule has 1 aromatic carbocycles. The standard InChI is InChI=1S/C17H23FN2/c1-13(11-14-7-9-16(18)10-8-14)20-17-6-4-2-3-5-15(17)12-19/h7-10,13,15,17,20H,2-6,11H2,1H3. The van der Waals surface area contributed by atoms with E-state index in [-0.39, 0.29) is 11.7 Å². The lowest BCUT2D eigenvalue weighted by Gasteiger charge is -2.25. The lowest BCUT2D eigenvalue weighted by atomic mass is 9.95. The summed E-state index contributed by atoms with van der Waals surface area (Å²) in [7, 11) is 0. The van der Waals surface area contributed by atoms with Crippen LogP contribution in [0, 0.1) is 23.1 Å². The van der Waals surface area contributed by atoms with E-state index in [4.69, 9.17) is 0 Å². The molecule has 1 N–H and O–H groups in total. The van der Waals surface area contributed by atoms with E-state index in [1.165, 1.54) is 31.4 Å². The molecule has 0 bridgehead atoms. The molecule has 0 spiro atoms. The molecule has 3 unspecified atom stereocenters. The molecular weight excluding hydrogens is 251 g/mol. The monoisotopic (exact) mass is 274 g/mol. The first kappa shape index (κ1) is 15.0. The SMILES string of the molecule is CC(Cc1ccc(F)cc1)NC1CCCCCC1C#N. The van der Waals surface area contributed by atoms with Gasteiger partial charge in [0.1, 0.15) is 5.82 Å². The molecule has 0 heterocycles. The van der Waals surface area contributed by atoms with Gasteiger partial charge in [-0.05, 0) is 43.9 Å². The average Bonchev–Trinajstić information content (AvgIpc) is 2.66. The highest BCUT2D eigenvalue weighted by atomic mass is 19.1. The van der Waals surface area contributed by atoms with E-state index in [1.807, 2.05) is 12.1 Å². The van der Waals surface area contributed by atoms with Crippen molar-refractivity contribution in [2.75, 3.05) is 0 Å². The van der Waals surface area contributed by atoms with Gasteiger partial charge in [-0.1, -0.05) is 31.4 Å². The number of rotatable bonds is 4. The van der Waals surface area contributed by atoms with Crippen molar-refractivity contribution < 1.29 is 4.39 Å². The average molecular weight is 274 g/mol. The molecule has 1 aromatic rings. The van der Waals surface area contributed by atoms with Gasteiger partial charge < -0.3 is 5.32 Å². The highest BCUT2D eigenvalue weighted by Crippen LogP contribution is 2.23. The molecule has 108 valence electrons. The molecule has 0 saturated heterocycles. The fourth-order valence-corrected chi connectivity index (χ4v) is 3.06. The minimum Gasteiger partial charge on any atom is -0.310 e. The van der Waals surface area contributed by atoms with Gasteiger partial charge in [0.15, 0.2) is 0 Å².